The largest absolute Gasteiger partial charge is 0.454 e. The van der Waals surface area contributed by atoms with Gasteiger partial charge in [0.25, 0.3) is 0 Å². The van der Waals surface area contributed by atoms with Crippen LogP contribution in [0, 0.1) is 0 Å². The lowest BCUT2D eigenvalue weighted by atomic mass is 10.2. The fraction of sp³-hybridized carbons (Fsp3) is 0.294. The van der Waals surface area contributed by atoms with Crippen LogP contribution in [0.3, 0.4) is 0 Å². The van der Waals surface area contributed by atoms with E-state index in [-0.39, 0.29) is 0 Å². The van der Waals surface area contributed by atoms with Crippen LogP contribution in [0.4, 0.5) is 5.69 Å². The van der Waals surface area contributed by atoms with E-state index >= 15 is 0 Å². The molecule has 2 aromatic rings. The zero-order chi connectivity index (χ0) is 15.1. The maximum absolute atomic E-state index is 6.11. The fourth-order valence-electron chi connectivity index (χ4n) is 1.96. The molecule has 112 valence electrons. The lowest BCUT2D eigenvalue weighted by molar-refractivity contribution is 0.472. The zero-order valence-corrected chi connectivity index (χ0v) is 14.8. The van der Waals surface area contributed by atoms with Crippen LogP contribution >= 0.6 is 27.7 Å². The SMILES string of the molecule is CCCCNc1cc(Br)cc(SC)c1Oc1ccccc1. The van der Waals surface area contributed by atoms with Crippen LogP contribution in [0.5, 0.6) is 11.5 Å². The van der Waals surface area contributed by atoms with Gasteiger partial charge in [0.05, 0.1) is 10.6 Å². The second-order valence-corrected chi connectivity index (χ2v) is 6.44. The molecule has 4 heteroatoms. The van der Waals surface area contributed by atoms with Crippen molar-refractivity contribution in [2.24, 2.45) is 0 Å². The Morgan fingerprint density at radius 1 is 1.19 bits per heavy atom. The molecule has 0 amide bonds. The molecular weight excluding hydrogens is 346 g/mol. The van der Waals surface area contributed by atoms with E-state index in [1.807, 2.05) is 30.3 Å². The first-order valence-corrected chi connectivity index (χ1v) is 9.10. The summed E-state index contributed by atoms with van der Waals surface area (Å²) in [7, 11) is 0. The van der Waals surface area contributed by atoms with Gasteiger partial charge in [-0.3, -0.25) is 0 Å². The number of thioether (sulfide) groups is 1. The Hall–Kier alpha value is -1.13. The van der Waals surface area contributed by atoms with Crippen molar-refractivity contribution in [2.45, 2.75) is 24.7 Å². The van der Waals surface area contributed by atoms with E-state index in [4.69, 9.17) is 4.74 Å². The van der Waals surface area contributed by atoms with Crippen molar-refractivity contribution in [1.82, 2.24) is 0 Å². The van der Waals surface area contributed by atoms with Crippen LogP contribution in [0.15, 0.2) is 51.8 Å². The molecule has 0 fully saturated rings. The molecule has 0 aliphatic rings. The Kier molecular flexibility index (Phi) is 6.46. The number of benzene rings is 2. The van der Waals surface area contributed by atoms with Gasteiger partial charge in [-0.1, -0.05) is 47.5 Å². The highest BCUT2D eigenvalue weighted by Crippen LogP contribution is 2.40. The summed E-state index contributed by atoms with van der Waals surface area (Å²) in [6.45, 7) is 3.14. The second kappa shape index (κ2) is 8.35. The fourth-order valence-corrected chi connectivity index (χ4v) is 3.15. The number of nitrogens with one attached hydrogen (secondary N) is 1. The molecular formula is C17H20BrNOS. The molecule has 0 spiro atoms. The molecule has 0 unspecified atom stereocenters. The van der Waals surface area contributed by atoms with Crippen LogP contribution < -0.4 is 10.1 Å². The van der Waals surface area contributed by atoms with Gasteiger partial charge < -0.3 is 10.1 Å². The van der Waals surface area contributed by atoms with Crippen LogP contribution in [0.1, 0.15) is 19.8 Å². The van der Waals surface area contributed by atoms with E-state index < -0.39 is 0 Å². The quantitative estimate of drug-likeness (QED) is 0.467. The third-order valence-electron chi connectivity index (χ3n) is 3.05. The number of hydrogen-bond acceptors (Lipinski definition) is 3. The van der Waals surface area contributed by atoms with E-state index in [0.717, 1.165) is 39.5 Å². The topological polar surface area (TPSA) is 21.3 Å². The highest BCUT2D eigenvalue weighted by atomic mass is 79.9. The first-order valence-electron chi connectivity index (χ1n) is 7.09. The monoisotopic (exact) mass is 365 g/mol. The standard InChI is InChI=1S/C17H20BrNOS/c1-3-4-10-19-15-11-13(18)12-16(21-2)17(15)20-14-8-6-5-7-9-14/h5-9,11-12,19H,3-4,10H2,1-2H3. The van der Waals surface area contributed by atoms with Crippen LogP contribution in [-0.4, -0.2) is 12.8 Å². The van der Waals surface area contributed by atoms with Crippen molar-refractivity contribution < 1.29 is 4.74 Å². The maximum atomic E-state index is 6.11. The van der Waals surface area contributed by atoms with Gasteiger partial charge in [0.15, 0.2) is 5.75 Å². The molecule has 1 N–H and O–H groups in total. The highest BCUT2D eigenvalue weighted by molar-refractivity contribution is 9.10. The van der Waals surface area contributed by atoms with Gasteiger partial charge in [-0.15, -0.1) is 11.8 Å². The van der Waals surface area contributed by atoms with Crippen LogP contribution in [-0.2, 0) is 0 Å². The molecule has 0 atom stereocenters. The Bertz CT molecular complexity index is 575. The molecule has 0 saturated heterocycles. The molecule has 0 aliphatic heterocycles. The van der Waals surface area contributed by atoms with Crippen molar-refractivity contribution in [3.63, 3.8) is 0 Å². The van der Waals surface area contributed by atoms with Crippen molar-refractivity contribution in [1.29, 1.82) is 0 Å². The lowest BCUT2D eigenvalue weighted by Gasteiger charge is -2.16. The minimum Gasteiger partial charge on any atom is -0.454 e. The zero-order valence-electron chi connectivity index (χ0n) is 12.4. The summed E-state index contributed by atoms with van der Waals surface area (Å²) in [4.78, 5) is 1.12. The molecule has 0 radical (unpaired) electrons. The van der Waals surface area contributed by atoms with Gasteiger partial charge in [0.1, 0.15) is 5.75 Å². The second-order valence-electron chi connectivity index (χ2n) is 4.68. The molecule has 2 aromatic carbocycles. The molecule has 0 aromatic heterocycles. The summed E-state index contributed by atoms with van der Waals surface area (Å²) in [5, 5.41) is 3.48. The molecule has 2 nitrogen and oxygen atoms in total. The van der Waals surface area contributed by atoms with Crippen LogP contribution in [0.2, 0.25) is 0 Å². The first-order chi connectivity index (χ1) is 10.2. The molecule has 0 bridgehead atoms. The number of rotatable bonds is 7. The number of para-hydroxylation sites is 1. The average Bonchev–Trinajstić information content (AvgIpc) is 2.50. The molecule has 0 heterocycles. The number of unbranched alkanes of at least 4 members (excludes halogenated alkanes) is 1. The Labute approximate surface area is 139 Å². The summed E-state index contributed by atoms with van der Waals surface area (Å²) in [6.07, 6.45) is 4.38. The summed E-state index contributed by atoms with van der Waals surface area (Å²) in [5.74, 6) is 1.75. The number of ether oxygens (including phenoxy) is 1. The predicted octanol–water partition coefficient (Wildman–Crippen LogP) is 6.18. The Balaban J connectivity index is 2.31. The van der Waals surface area contributed by atoms with Gasteiger partial charge in [-0.2, -0.15) is 0 Å². The third kappa shape index (κ3) is 4.68. The summed E-state index contributed by atoms with van der Waals surface area (Å²) in [5.41, 5.74) is 1.03. The molecule has 0 saturated carbocycles. The van der Waals surface area contributed by atoms with Crippen molar-refractivity contribution in [2.75, 3.05) is 18.1 Å². The van der Waals surface area contributed by atoms with E-state index in [1.54, 1.807) is 11.8 Å². The number of halogens is 1. The van der Waals surface area contributed by atoms with E-state index in [0.29, 0.717) is 0 Å². The third-order valence-corrected chi connectivity index (χ3v) is 4.25. The average molecular weight is 366 g/mol. The van der Waals surface area contributed by atoms with E-state index in [9.17, 15) is 0 Å². The van der Waals surface area contributed by atoms with Gasteiger partial charge in [-0.25, -0.2) is 0 Å². The Morgan fingerprint density at radius 2 is 1.95 bits per heavy atom. The normalized spacial score (nSPS) is 10.4. The summed E-state index contributed by atoms with van der Waals surface area (Å²) < 4.78 is 7.17. The summed E-state index contributed by atoms with van der Waals surface area (Å²) in [6, 6.07) is 14.1. The Morgan fingerprint density at radius 3 is 2.62 bits per heavy atom. The van der Waals surface area contributed by atoms with Crippen molar-refractivity contribution in [3.8, 4) is 11.5 Å². The molecule has 21 heavy (non-hydrogen) atoms. The van der Waals surface area contributed by atoms with Crippen molar-refractivity contribution in [3.05, 3.63) is 46.9 Å². The van der Waals surface area contributed by atoms with Gasteiger partial charge in [0, 0.05) is 11.0 Å². The van der Waals surface area contributed by atoms with Gasteiger partial charge in [0.2, 0.25) is 0 Å². The molecule has 0 aliphatic carbocycles. The van der Waals surface area contributed by atoms with Gasteiger partial charge >= 0.3 is 0 Å². The minimum absolute atomic E-state index is 0.855. The minimum atomic E-state index is 0.855. The van der Waals surface area contributed by atoms with E-state index in [2.05, 4.69) is 46.6 Å². The first kappa shape index (κ1) is 16.2. The highest BCUT2D eigenvalue weighted by Gasteiger charge is 2.12. The lowest BCUT2D eigenvalue weighted by Crippen LogP contribution is -2.03. The number of hydrogen-bond donors (Lipinski definition) is 1. The van der Waals surface area contributed by atoms with E-state index in [1.165, 1.54) is 6.42 Å². The van der Waals surface area contributed by atoms with Gasteiger partial charge in [-0.05, 0) is 36.9 Å². The molecule has 2 rings (SSSR count). The maximum Gasteiger partial charge on any atom is 0.164 e. The van der Waals surface area contributed by atoms with Crippen molar-refractivity contribution >= 4 is 33.4 Å². The number of anilines is 1. The smallest absolute Gasteiger partial charge is 0.164 e. The van der Waals surface area contributed by atoms with Crippen LogP contribution in [0.25, 0.3) is 0 Å². The summed E-state index contributed by atoms with van der Waals surface area (Å²) >= 11 is 5.26. The predicted molar refractivity (Wildman–Crippen MR) is 95.8 cm³/mol.